The van der Waals surface area contributed by atoms with E-state index in [1.54, 1.807) is 24.3 Å². The molecule has 1 aliphatic heterocycles. The van der Waals surface area contributed by atoms with Crippen LogP contribution in [0.1, 0.15) is 29.2 Å². The van der Waals surface area contributed by atoms with E-state index in [9.17, 15) is 14.4 Å². The summed E-state index contributed by atoms with van der Waals surface area (Å²) in [5, 5.41) is 0.658. The average molecular weight is 520 g/mol. The number of nitrogen functional groups attached to an aromatic ring is 1. The highest BCUT2D eigenvalue weighted by atomic mass is 16.2. The molecular weight excluding hydrogens is 494 g/mol. The maximum Gasteiger partial charge on any atom is 0.326 e. The zero-order chi connectivity index (χ0) is 26.7. The fourth-order valence-electron chi connectivity index (χ4n) is 5.68. The van der Waals surface area contributed by atoms with Crippen molar-refractivity contribution in [3.63, 3.8) is 0 Å². The van der Waals surface area contributed by atoms with Crippen molar-refractivity contribution < 1.29 is 4.79 Å². The van der Waals surface area contributed by atoms with Crippen LogP contribution in [-0.2, 0) is 0 Å². The molecule has 5 N–H and O–H groups in total. The van der Waals surface area contributed by atoms with Gasteiger partial charge in [-0.2, -0.15) is 0 Å². The lowest BCUT2D eigenvalue weighted by Gasteiger charge is -2.32. The molecule has 3 aromatic heterocycles. The Morgan fingerprint density at radius 3 is 2.44 bits per heavy atom. The Hall–Kier alpha value is -5.12. The van der Waals surface area contributed by atoms with Crippen molar-refractivity contribution in [1.82, 2.24) is 29.4 Å². The van der Waals surface area contributed by atoms with Gasteiger partial charge in [0.2, 0.25) is 0 Å². The van der Waals surface area contributed by atoms with Crippen molar-refractivity contribution in [2.75, 3.05) is 18.8 Å². The Bertz CT molecular complexity index is 2020. The van der Waals surface area contributed by atoms with Gasteiger partial charge < -0.3 is 25.6 Å². The minimum absolute atomic E-state index is 0.0237. The summed E-state index contributed by atoms with van der Waals surface area (Å²) in [5.74, 6) is -0.0922. The molecule has 10 nitrogen and oxygen atoms in total. The van der Waals surface area contributed by atoms with Gasteiger partial charge in [-0.05, 0) is 55.3 Å². The van der Waals surface area contributed by atoms with Gasteiger partial charge in [0.25, 0.3) is 11.5 Å². The number of piperidine rings is 1. The second-order valence-corrected chi connectivity index (χ2v) is 9.95. The van der Waals surface area contributed by atoms with Crippen LogP contribution in [0.5, 0.6) is 0 Å². The molecule has 7 rings (SSSR count). The number of nitrogens with two attached hydrogens (primary N) is 1. The summed E-state index contributed by atoms with van der Waals surface area (Å²) < 4.78 is 1.81. The van der Waals surface area contributed by atoms with Gasteiger partial charge in [0.15, 0.2) is 5.69 Å². The molecule has 1 aliphatic rings. The number of hydrogen-bond donors (Lipinski definition) is 4. The molecule has 0 saturated carbocycles. The molecule has 39 heavy (non-hydrogen) atoms. The summed E-state index contributed by atoms with van der Waals surface area (Å²) in [6.45, 7) is 1.08. The molecule has 194 valence electrons. The molecule has 0 spiro atoms. The van der Waals surface area contributed by atoms with Crippen LogP contribution in [0.3, 0.4) is 0 Å². The number of anilines is 1. The number of fused-ring (bicyclic) bond motifs is 3. The van der Waals surface area contributed by atoms with E-state index in [1.165, 1.54) is 0 Å². The van der Waals surface area contributed by atoms with E-state index >= 15 is 0 Å². The number of nitrogens with one attached hydrogen (secondary N) is 3. The Morgan fingerprint density at radius 1 is 0.872 bits per heavy atom. The van der Waals surface area contributed by atoms with Crippen molar-refractivity contribution in [3.05, 3.63) is 93.1 Å². The molecule has 0 aliphatic carbocycles. The van der Waals surface area contributed by atoms with Crippen molar-refractivity contribution in [2.24, 2.45) is 0 Å². The fraction of sp³-hybridized carbons (Fsp3) is 0.172. The molecule has 4 heterocycles. The first-order valence-electron chi connectivity index (χ1n) is 12.9. The third-order valence-electron chi connectivity index (χ3n) is 7.66. The van der Waals surface area contributed by atoms with Crippen LogP contribution in [0.25, 0.3) is 44.4 Å². The first-order chi connectivity index (χ1) is 19.0. The molecule has 0 unspecified atom stereocenters. The number of aromatic amines is 3. The SMILES string of the molecule is Nc1c(-c2nc3ccccc3[nH]c2=O)[nH]c2ccc(C(=O)N3CCC(n4c(=O)[nH]c5ccccc54)CC3)cc12. The average Bonchev–Trinajstić information content (AvgIpc) is 3.47. The van der Waals surface area contributed by atoms with Crippen LogP contribution in [0.15, 0.2) is 76.3 Å². The molecule has 1 fully saturated rings. The van der Waals surface area contributed by atoms with E-state index in [0.29, 0.717) is 64.8 Å². The van der Waals surface area contributed by atoms with Gasteiger partial charge in [0.1, 0.15) is 0 Å². The number of imidazole rings is 1. The summed E-state index contributed by atoms with van der Waals surface area (Å²) in [6, 6.07) is 20.3. The van der Waals surface area contributed by atoms with E-state index in [1.807, 2.05) is 51.9 Å². The minimum Gasteiger partial charge on any atom is -0.396 e. The van der Waals surface area contributed by atoms with Crippen molar-refractivity contribution >= 4 is 44.6 Å². The number of H-pyrrole nitrogens is 3. The van der Waals surface area contributed by atoms with Gasteiger partial charge in [-0.1, -0.05) is 24.3 Å². The van der Waals surface area contributed by atoms with Gasteiger partial charge in [-0.25, -0.2) is 9.78 Å². The Labute approximate surface area is 221 Å². The second-order valence-electron chi connectivity index (χ2n) is 9.95. The number of hydrogen-bond acceptors (Lipinski definition) is 5. The van der Waals surface area contributed by atoms with Gasteiger partial charge >= 0.3 is 5.69 Å². The molecule has 10 heteroatoms. The molecular formula is C29H25N7O3. The lowest BCUT2D eigenvalue weighted by molar-refractivity contribution is 0.0695. The van der Waals surface area contributed by atoms with E-state index in [4.69, 9.17) is 5.73 Å². The Kier molecular flexibility index (Phi) is 5.15. The minimum atomic E-state index is -0.347. The van der Waals surface area contributed by atoms with Crippen LogP contribution in [-0.4, -0.2) is 48.4 Å². The van der Waals surface area contributed by atoms with Crippen molar-refractivity contribution in [1.29, 1.82) is 0 Å². The third-order valence-corrected chi connectivity index (χ3v) is 7.66. The summed E-state index contributed by atoms with van der Waals surface area (Å²) in [7, 11) is 0. The first kappa shape index (κ1) is 23.0. The largest absolute Gasteiger partial charge is 0.396 e. The van der Waals surface area contributed by atoms with Crippen molar-refractivity contribution in [2.45, 2.75) is 18.9 Å². The normalized spacial score (nSPS) is 14.5. The third kappa shape index (κ3) is 3.71. The van der Waals surface area contributed by atoms with Crippen LogP contribution in [0, 0.1) is 0 Å². The first-order valence-corrected chi connectivity index (χ1v) is 12.9. The van der Waals surface area contributed by atoms with Crippen LogP contribution in [0.4, 0.5) is 5.69 Å². The number of benzene rings is 3. The number of para-hydroxylation sites is 4. The fourth-order valence-corrected chi connectivity index (χ4v) is 5.68. The molecule has 6 aromatic rings. The highest BCUT2D eigenvalue weighted by Crippen LogP contribution is 2.32. The van der Waals surface area contributed by atoms with Crippen LogP contribution >= 0.6 is 0 Å². The summed E-state index contributed by atoms with van der Waals surface area (Å²) in [4.78, 5) is 54.1. The van der Waals surface area contributed by atoms with Gasteiger partial charge in [-0.15, -0.1) is 0 Å². The molecule has 1 saturated heterocycles. The maximum atomic E-state index is 13.4. The zero-order valence-electron chi connectivity index (χ0n) is 20.9. The number of aromatic nitrogens is 5. The standard InChI is InChI=1S/C29H25N7O3/c30-24-18-15-16(9-10-19(18)31-25(24)26-27(37)33-21-6-2-1-5-20(21)32-26)28(38)35-13-11-17(12-14-35)36-23-8-4-3-7-22(23)34-29(36)39/h1-10,15,17,31H,11-14,30H2,(H,33,37)(H,34,39). The predicted octanol–water partition coefficient (Wildman–Crippen LogP) is 3.77. The van der Waals surface area contributed by atoms with Gasteiger partial charge in [0.05, 0.1) is 33.4 Å². The van der Waals surface area contributed by atoms with E-state index in [-0.39, 0.29) is 28.9 Å². The quantitative estimate of drug-likeness (QED) is 0.281. The van der Waals surface area contributed by atoms with E-state index < -0.39 is 0 Å². The number of likely N-dealkylation sites (tertiary alicyclic amines) is 1. The second kappa shape index (κ2) is 8.73. The number of rotatable bonds is 3. The van der Waals surface area contributed by atoms with E-state index in [2.05, 4.69) is 19.9 Å². The highest BCUT2D eigenvalue weighted by Gasteiger charge is 2.27. The number of carbonyl (C=O) groups excluding carboxylic acids is 1. The van der Waals surface area contributed by atoms with Gasteiger partial charge in [-0.3, -0.25) is 14.2 Å². The molecule has 0 radical (unpaired) electrons. The predicted molar refractivity (Wildman–Crippen MR) is 151 cm³/mol. The summed E-state index contributed by atoms with van der Waals surface area (Å²) in [6.07, 6.45) is 1.37. The van der Waals surface area contributed by atoms with Crippen LogP contribution < -0.4 is 17.0 Å². The highest BCUT2D eigenvalue weighted by molar-refractivity contribution is 6.04. The van der Waals surface area contributed by atoms with E-state index in [0.717, 1.165) is 11.0 Å². The lowest BCUT2D eigenvalue weighted by Crippen LogP contribution is -2.40. The lowest BCUT2D eigenvalue weighted by atomic mass is 10.0. The monoisotopic (exact) mass is 519 g/mol. The topological polar surface area (TPSA) is 146 Å². The van der Waals surface area contributed by atoms with Crippen molar-refractivity contribution in [3.8, 4) is 11.4 Å². The maximum absolute atomic E-state index is 13.4. The van der Waals surface area contributed by atoms with Crippen LogP contribution in [0.2, 0.25) is 0 Å². The molecule has 0 bridgehead atoms. The molecule has 3 aromatic carbocycles. The summed E-state index contributed by atoms with van der Waals surface area (Å²) in [5.41, 5.74) is 11.2. The summed E-state index contributed by atoms with van der Waals surface area (Å²) >= 11 is 0. The number of nitrogens with zero attached hydrogens (tertiary/aromatic N) is 3. The Balaban J connectivity index is 1.15. The molecule has 0 atom stereocenters. The zero-order valence-corrected chi connectivity index (χ0v) is 20.9. The Morgan fingerprint density at radius 2 is 1.62 bits per heavy atom. The smallest absolute Gasteiger partial charge is 0.326 e. The molecule has 1 amide bonds. The number of amides is 1. The van der Waals surface area contributed by atoms with Gasteiger partial charge in [0, 0.05) is 35.6 Å². The number of carbonyl (C=O) groups is 1.